The van der Waals surface area contributed by atoms with Gasteiger partial charge in [-0.05, 0) is 124 Å². The second-order valence-corrected chi connectivity index (χ2v) is 18.8. The number of hydrogen-bond acceptors (Lipinski definition) is 10. The zero-order chi connectivity index (χ0) is 35.4. The minimum absolute atomic E-state index is 0.0513. The van der Waals surface area contributed by atoms with E-state index in [0.29, 0.717) is 18.3 Å². The van der Waals surface area contributed by atoms with Gasteiger partial charge in [-0.3, -0.25) is 4.79 Å². The molecule has 0 aromatic rings. The van der Waals surface area contributed by atoms with Gasteiger partial charge in [0.2, 0.25) is 0 Å². The number of esters is 1. The Kier molecular flexibility index (Phi) is 9.31. The molecule has 2 aliphatic heterocycles. The summed E-state index contributed by atoms with van der Waals surface area (Å²) in [6.07, 6.45) is 1.05. The van der Waals surface area contributed by atoms with Gasteiger partial charge in [0.15, 0.2) is 12.4 Å². The molecule has 0 bridgehead atoms. The van der Waals surface area contributed by atoms with Gasteiger partial charge in [-0.25, -0.2) is 0 Å². The van der Waals surface area contributed by atoms with Crippen molar-refractivity contribution in [2.75, 3.05) is 6.61 Å². The predicted molar refractivity (Wildman–Crippen MR) is 177 cm³/mol. The third-order valence-electron chi connectivity index (χ3n) is 15.6. The van der Waals surface area contributed by atoms with Crippen molar-refractivity contribution < 1.29 is 49.3 Å². The number of hydrogen-bond donors (Lipinski definition) is 5. The molecule has 0 aromatic heterocycles. The molecule has 10 heteroatoms. The average molecular weight is 681 g/mol. The second-order valence-electron chi connectivity index (χ2n) is 18.8. The molecule has 0 radical (unpaired) electrons. The van der Waals surface area contributed by atoms with Crippen molar-refractivity contribution in [2.45, 2.75) is 180 Å². The molecule has 6 unspecified atom stereocenters. The highest BCUT2D eigenvalue weighted by molar-refractivity contribution is 5.66. The van der Waals surface area contributed by atoms with Crippen molar-refractivity contribution in [1.29, 1.82) is 0 Å². The van der Waals surface area contributed by atoms with E-state index in [0.717, 1.165) is 51.4 Å². The molecule has 4 aliphatic carbocycles. The van der Waals surface area contributed by atoms with Crippen LogP contribution in [-0.4, -0.2) is 98.3 Å². The molecule has 48 heavy (non-hydrogen) atoms. The molecule has 4 saturated carbocycles. The van der Waals surface area contributed by atoms with E-state index in [4.69, 9.17) is 18.9 Å². The Hall–Kier alpha value is -0.850. The van der Waals surface area contributed by atoms with E-state index in [9.17, 15) is 30.3 Å². The maximum absolute atomic E-state index is 12.3. The molecule has 0 amide bonds. The molecule has 6 fully saturated rings. The maximum atomic E-state index is 12.3. The second kappa shape index (κ2) is 12.1. The summed E-state index contributed by atoms with van der Waals surface area (Å²) in [5.41, 5.74) is -1.69. The fourth-order valence-electron chi connectivity index (χ4n) is 13.0. The third-order valence-corrected chi connectivity index (χ3v) is 15.6. The van der Waals surface area contributed by atoms with Gasteiger partial charge in [-0.15, -0.1) is 0 Å². The molecule has 2 heterocycles. The minimum Gasteiger partial charge on any atom is -0.454 e. The van der Waals surface area contributed by atoms with Gasteiger partial charge in [-0.2, -0.15) is 0 Å². The first-order valence-corrected chi connectivity index (χ1v) is 18.7. The van der Waals surface area contributed by atoms with E-state index in [-0.39, 0.29) is 51.3 Å². The highest BCUT2D eigenvalue weighted by Gasteiger charge is 2.72. The van der Waals surface area contributed by atoms with Crippen LogP contribution in [-0.2, 0) is 23.7 Å². The smallest absolute Gasteiger partial charge is 0.303 e. The summed E-state index contributed by atoms with van der Waals surface area (Å²) in [6.45, 7) is 18.5. The number of aliphatic hydroxyl groups excluding tert-OH is 4. The number of aliphatic hydroxyl groups is 5. The first kappa shape index (κ1) is 36.9. The van der Waals surface area contributed by atoms with Gasteiger partial charge < -0.3 is 44.5 Å². The lowest BCUT2D eigenvalue weighted by Crippen LogP contribution is -2.68. The Labute approximate surface area is 287 Å². The van der Waals surface area contributed by atoms with Crippen LogP contribution < -0.4 is 0 Å². The van der Waals surface area contributed by atoms with Crippen LogP contribution in [0, 0.1) is 45.3 Å². The van der Waals surface area contributed by atoms with Crippen LogP contribution in [0.1, 0.15) is 120 Å². The lowest BCUT2D eigenvalue weighted by atomic mass is 9.35. The summed E-state index contributed by atoms with van der Waals surface area (Å²) in [4.78, 5) is 12.0. The van der Waals surface area contributed by atoms with E-state index in [2.05, 4.69) is 41.5 Å². The van der Waals surface area contributed by atoms with Crippen molar-refractivity contribution >= 4 is 5.97 Å². The fourth-order valence-corrected chi connectivity index (χ4v) is 13.0. The van der Waals surface area contributed by atoms with E-state index >= 15 is 0 Å². The van der Waals surface area contributed by atoms with E-state index in [1.807, 2.05) is 13.8 Å². The number of fused-ring (bicyclic) bond motifs is 5. The highest BCUT2D eigenvalue weighted by atomic mass is 16.7. The van der Waals surface area contributed by atoms with Gasteiger partial charge in [0, 0.05) is 6.92 Å². The summed E-state index contributed by atoms with van der Waals surface area (Å²) in [5, 5.41) is 54.3. The number of rotatable bonds is 6. The summed E-state index contributed by atoms with van der Waals surface area (Å²) in [7, 11) is 0. The molecule has 0 spiro atoms. The largest absolute Gasteiger partial charge is 0.454 e. The Bertz CT molecular complexity index is 1220. The predicted octanol–water partition coefficient (Wildman–Crippen LogP) is 4.11. The Balaban J connectivity index is 1.24. The van der Waals surface area contributed by atoms with Crippen LogP contribution in [0.4, 0.5) is 0 Å². The van der Waals surface area contributed by atoms with Gasteiger partial charge in [0.25, 0.3) is 0 Å². The maximum Gasteiger partial charge on any atom is 0.303 e. The van der Waals surface area contributed by atoms with E-state index in [1.54, 1.807) is 0 Å². The molecular formula is C38H64O10. The molecule has 276 valence electrons. The average Bonchev–Trinajstić information content (AvgIpc) is 3.55. The fraction of sp³-hybridized carbons (Fsp3) is 0.974. The summed E-state index contributed by atoms with van der Waals surface area (Å²) in [5.74, 6) is 0.407. The van der Waals surface area contributed by atoms with Gasteiger partial charge in [0.05, 0.1) is 36.1 Å². The van der Waals surface area contributed by atoms with E-state index in [1.165, 1.54) is 6.92 Å². The van der Waals surface area contributed by atoms with Crippen molar-refractivity contribution in [3.05, 3.63) is 0 Å². The van der Waals surface area contributed by atoms with Crippen molar-refractivity contribution in [3.8, 4) is 0 Å². The first-order chi connectivity index (χ1) is 22.1. The SMILES string of the molecule is CC(=O)O[C@H]1C(O[C@@H]2CC[C@@]3(C)C(CC[C@]4(C)C3C(O)CC3[C@@H](C5(C)CC[C@@H](C(C)(C)O)O5)CC[C@]34C)C2(C)C)O[C@H](CO)[C@@H](O)[C@@H]1O. The molecule has 6 aliphatic rings. The van der Waals surface area contributed by atoms with Crippen LogP contribution in [0.3, 0.4) is 0 Å². The Morgan fingerprint density at radius 2 is 1.54 bits per heavy atom. The molecule has 0 aromatic carbocycles. The van der Waals surface area contributed by atoms with Gasteiger partial charge in [0.1, 0.15) is 18.3 Å². The standard InChI is InChI=1S/C38H64O10/c1-20(40)45-30-29(43)28(42)24(19-39)46-32(30)47-26-12-14-35(6)25(33(26,2)3)11-16-37(8)31(35)23(41)18-22-21(10-15-36(22,37)7)38(9)17-13-27(48-38)34(4,5)44/h21-32,39,41-44H,10-19H2,1-9H3/t21-,22?,23?,24+,25?,26+,27-,28+,29-,30+,31?,32?,35-,36+,37+,38?/m0/s1. The molecule has 6 rings (SSSR count). The van der Waals surface area contributed by atoms with E-state index < -0.39 is 55.0 Å². The number of ether oxygens (including phenoxy) is 4. The molecular weight excluding hydrogens is 616 g/mol. The monoisotopic (exact) mass is 680 g/mol. The van der Waals surface area contributed by atoms with Gasteiger partial charge in [-0.1, -0.05) is 34.6 Å². The zero-order valence-electron chi connectivity index (χ0n) is 30.8. The summed E-state index contributed by atoms with van der Waals surface area (Å²) in [6, 6.07) is 0. The number of carbonyl (C=O) groups excluding carboxylic acids is 1. The lowest BCUT2D eigenvalue weighted by Gasteiger charge is -2.71. The Morgan fingerprint density at radius 1 is 0.875 bits per heavy atom. The van der Waals surface area contributed by atoms with Crippen LogP contribution in [0.15, 0.2) is 0 Å². The molecule has 16 atom stereocenters. The van der Waals surface area contributed by atoms with Crippen molar-refractivity contribution in [2.24, 2.45) is 45.3 Å². The zero-order valence-corrected chi connectivity index (χ0v) is 30.8. The van der Waals surface area contributed by atoms with Crippen molar-refractivity contribution in [1.82, 2.24) is 0 Å². The summed E-state index contributed by atoms with van der Waals surface area (Å²) >= 11 is 0. The highest BCUT2D eigenvalue weighted by Crippen LogP contribution is 2.76. The topological polar surface area (TPSA) is 155 Å². The lowest BCUT2D eigenvalue weighted by molar-refractivity contribution is -0.334. The van der Waals surface area contributed by atoms with Crippen molar-refractivity contribution in [3.63, 3.8) is 0 Å². The van der Waals surface area contributed by atoms with Crippen LogP contribution in [0.5, 0.6) is 0 Å². The van der Waals surface area contributed by atoms with Crippen LogP contribution >= 0.6 is 0 Å². The number of carbonyl (C=O) groups is 1. The van der Waals surface area contributed by atoms with Crippen LogP contribution in [0.25, 0.3) is 0 Å². The molecule has 10 nitrogen and oxygen atoms in total. The first-order valence-electron chi connectivity index (χ1n) is 18.7. The quantitative estimate of drug-likeness (QED) is 0.205. The third kappa shape index (κ3) is 5.44. The molecule has 5 N–H and O–H groups in total. The summed E-state index contributed by atoms with van der Waals surface area (Å²) < 4.78 is 24.7. The minimum atomic E-state index is -1.46. The van der Waals surface area contributed by atoms with Gasteiger partial charge >= 0.3 is 5.97 Å². The normalized spacial score (nSPS) is 53.5. The Morgan fingerprint density at radius 3 is 2.15 bits per heavy atom. The van der Waals surface area contributed by atoms with Crippen LogP contribution in [0.2, 0.25) is 0 Å². The molecule has 2 saturated heterocycles.